The van der Waals surface area contributed by atoms with Crippen molar-refractivity contribution in [3.8, 4) is 0 Å². The highest BCUT2D eigenvalue weighted by Crippen LogP contribution is 2.15. The van der Waals surface area contributed by atoms with Crippen LogP contribution in [0.3, 0.4) is 0 Å². The molecule has 0 heterocycles. The van der Waals surface area contributed by atoms with E-state index in [-0.39, 0.29) is 24.5 Å². The number of aliphatic hydroxyl groups is 1. The van der Waals surface area contributed by atoms with Gasteiger partial charge in [0.25, 0.3) is 5.91 Å². The molecule has 20 heavy (non-hydrogen) atoms. The van der Waals surface area contributed by atoms with Gasteiger partial charge in [0, 0.05) is 11.0 Å². The van der Waals surface area contributed by atoms with Crippen molar-refractivity contribution in [2.24, 2.45) is 0 Å². The van der Waals surface area contributed by atoms with Gasteiger partial charge in [-0.25, -0.2) is 0 Å². The Bertz CT molecular complexity index is 463. The normalized spacial score (nSPS) is 11.8. The van der Waals surface area contributed by atoms with Gasteiger partial charge in [0.15, 0.2) is 0 Å². The van der Waals surface area contributed by atoms with E-state index in [1.165, 1.54) is 0 Å². The highest BCUT2D eigenvalue weighted by Gasteiger charge is 2.10. The Morgan fingerprint density at radius 1 is 1.30 bits per heavy atom. The Labute approximate surface area is 126 Å². The van der Waals surface area contributed by atoms with Gasteiger partial charge in [-0.2, -0.15) is 0 Å². The fourth-order valence-corrected chi connectivity index (χ4v) is 2.05. The summed E-state index contributed by atoms with van der Waals surface area (Å²) in [7, 11) is 0. The number of carbonyl (C=O) groups is 2. The van der Waals surface area contributed by atoms with Crippen molar-refractivity contribution in [1.29, 1.82) is 0 Å². The number of hydrogen-bond donors (Lipinski definition) is 3. The molecule has 0 saturated carbocycles. The van der Waals surface area contributed by atoms with E-state index in [0.717, 1.165) is 0 Å². The summed E-state index contributed by atoms with van der Waals surface area (Å²) < 4.78 is 0.690. The van der Waals surface area contributed by atoms with Crippen molar-refractivity contribution in [1.82, 2.24) is 10.6 Å². The minimum Gasteiger partial charge on any atom is -0.393 e. The van der Waals surface area contributed by atoms with Gasteiger partial charge < -0.3 is 15.7 Å². The summed E-state index contributed by atoms with van der Waals surface area (Å²) in [5, 5.41) is 14.3. The lowest BCUT2D eigenvalue weighted by molar-refractivity contribution is -0.120. The van der Waals surface area contributed by atoms with Gasteiger partial charge in [-0.1, -0.05) is 12.1 Å². The molecule has 0 aliphatic carbocycles. The van der Waals surface area contributed by atoms with Crippen molar-refractivity contribution in [2.45, 2.75) is 25.9 Å². The third kappa shape index (κ3) is 6.16. The first kappa shape index (κ1) is 16.7. The third-order valence-corrected chi connectivity index (χ3v) is 3.34. The van der Waals surface area contributed by atoms with Gasteiger partial charge in [0.1, 0.15) is 0 Å². The van der Waals surface area contributed by atoms with Crippen LogP contribution in [0, 0.1) is 0 Å². The maximum atomic E-state index is 11.8. The Morgan fingerprint density at radius 3 is 2.65 bits per heavy atom. The Balaban J connectivity index is 2.27. The molecule has 6 heteroatoms. The maximum Gasteiger partial charge on any atom is 0.252 e. The van der Waals surface area contributed by atoms with Crippen molar-refractivity contribution in [3.05, 3.63) is 34.3 Å². The Morgan fingerprint density at radius 2 is 2.00 bits per heavy atom. The molecule has 2 amide bonds. The quantitative estimate of drug-likeness (QED) is 0.656. The zero-order chi connectivity index (χ0) is 15.0. The lowest BCUT2D eigenvalue weighted by Gasteiger charge is -2.08. The SMILES string of the molecule is CC(O)CCCNC(=O)CNC(=O)c1ccccc1Br. The molecule has 0 radical (unpaired) electrons. The molecule has 1 aromatic rings. The van der Waals surface area contributed by atoms with Gasteiger partial charge in [0.05, 0.1) is 18.2 Å². The summed E-state index contributed by atoms with van der Waals surface area (Å²) >= 11 is 3.28. The van der Waals surface area contributed by atoms with Gasteiger partial charge in [-0.3, -0.25) is 9.59 Å². The molecular formula is C14H19BrN2O3. The van der Waals surface area contributed by atoms with Crippen LogP contribution in [-0.4, -0.2) is 36.1 Å². The fourth-order valence-electron chi connectivity index (χ4n) is 1.59. The molecule has 1 aromatic carbocycles. The molecule has 1 rings (SSSR count). The maximum absolute atomic E-state index is 11.8. The molecule has 0 fully saturated rings. The highest BCUT2D eigenvalue weighted by atomic mass is 79.9. The molecule has 1 atom stereocenters. The lowest BCUT2D eigenvalue weighted by Crippen LogP contribution is -2.37. The van der Waals surface area contributed by atoms with Crippen LogP contribution in [0.25, 0.3) is 0 Å². The average Bonchev–Trinajstić information content (AvgIpc) is 2.41. The molecule has 1 unspecified atom stereocenters. The lowest BCUT2D eigenvalue weighted by atomic mass is 10.2. The summed E-state index contributed by atoms with van der Waals surface area (Å²) in [6, 6.07) is 7.02. The van der Waals surface area contributed by atoms with Crippen molar-refractivity contribution in [2.75, 3.05) is 13.1 Å². The van der Waals surface area contributed by atoms with Crippen LogP contribution < -0.4 is 10.6 Å². The summed E-state index contributed by atoms with van der Waals surface area (Å²) in [4.78, 5) is 23.3. The summed E-state index contributed by atoms with van der Waals surface area (Å²) in [5.74, 6) is -0.535. The van der Waals surface area contributed by atoms with Crippen LogP contribution >= 0.6 is 15.9 Å². The van der Waals surface area contributed by atoms with Crippen LogP contribution in [0.1, 0.15) is 30.1 Å². The fraction of sp³-hybridized carbons (Fsp3) is 0.429. The monoisotopic (exact) mass is 342 g/mol. The van der Waals surface area contributed by atoms with E-state index < -0.39 is 0 Å². The average molecular weight is 343 g/mol. The number of aliphatic hydroxyl groups excluding tert-OH is 1. The number of benzene rings is 1. The van der Waals surface area contributed by atoms with E-state index in [1.54, 1.807) is 25.1 Å². The molecule has 0 aliphatic rings. The van der Waals surface area contributed by atoms with E-state index in [4.69, 9.17) is 5.11 Å². The second-order valence-corrected chi connectivity index (χ2v) is 5.36. The molecule has 0 aliphatic heterocycles. The van der Waals surface area contributed by atoms with E-state index in [0.29, 0.717) is 29.4 Å². The zero-order valence-electron chi connectivity index (χ0n) is 11.4. The molecule has 0 saturated heterocycles. The molecular weight excluding hydrogens is 324 g/mol. The van der Waals surface area contributed by atoms with Crippen molar-refractivity contribution in [3.63, 3.8) is 0 Å². The van der Waals surface area contributed by atoms with E-state index >= 15 is 0 Å². The molecule has 5 nitrogen and oxygen atoms in total. The topological polar surface area (TPSA) is 78.4 Å². The van der Waals surface area contributed by atoms with Gasteiger partial charge in [0.2, 0.25) is 5.91 Å². The first-order chi connectivity index (χ1) is 9.50. The van der Waals surface area contributed by atoms with E-state index in [2.05, 4.69) is 26.6 Å². The number of rotatable bonds is 7. The highest BCUT2D eigenvalue weighted by molar-refractivity contribution is 9.10. The van der Waals surface area contributed by atoms with E-state index in [9.17, 15) is 9.59 Å². The van der Waals surface area contributed by atoms with Crippen LogP contribution in [0.2, 0.25) is 0 Å². The molecule has 0 bridgehead atoms. The number of carbonyl (C=O) groups excluding carboxylic acids is 2. The first-order valence-electron chi connectivity index (χ1n) is 6.48. The number of halogens is 1. The summed E-state index contributed by atoms with van der Waals surface area (Å²) in [6.07, 6.45) is 0.993. The van der Waals surface area contributed by atoms with Crippen LogP contribution in [0.5, 0.6) is 0 Å². The van der Waals surface area contributed by atoms with Gasteiger partial charge >= 0.3 is 0 Å². The van der Waals surface area contributed by atoms with Crippen molar-refractivity contribution < 1.29 is 14.7 Å². The molecule has 110 valence electrons. The van der Waals surface area contributed by atoms with Gasteiger partial charge in [-0.05, 0) is 47.8 Å². The standard InChI is InChI=1S/C14H19BrN2O3/c1-10(18)5-4-8-16-13(19)9-17-14(20)11-6-2-3-7-12(11)15/h2-3,6-7,10,18H,4-5,8-9H2,1H3,(H,16,19)(H,17,20). The zero-order valence-corrected chi connectivity index (χ0v) is 12.9. The Hall–Kier alpha value is -1.40. The Kier molecular flexibility index (Phi) is 7.25. The number of amides is 2. The first-order valence-corrected chi connectivity index (χ1v) is 7.27. The molecule has 0 aromatic heterocycles. The van der Waals surface area contributed by atoms with Gasteiger partial charge in [-0.15, -0.1) is 0 Å². The smallest absolute Gasteiger partial charge is 0.252 e. The predicted octanol–water partition coefficient (Wildman–Crippen LogP) is 1.46. The second kappa shape index (κ2) is 8.71. The number of nitrogens with one attached hydrogen (secondary N) is 2. The van der Waals surface area contributed by atoms with Crippen LogP contribution in [0.4, 0.5) is 0 Å². The minimum atomic E-state index is -0.359. The second-order valence-electron chi connectivity index (χ2n) is 4.50. The summed E-state index contributed by atoms with van der Waals surface area (Å²) in [5.41, 5.74) is 0.495. The largest absolute Gasteiger partial charge is 0.393 e. The van der Waals surface area contributed by atoms with E-state index in [1.807, 2.05) is 6.07 Å². The molecule has 0 spiro atoms. The van der Waals surface area contributed by atoms with Crippen LogP contribution in [-0.2, 0) is 4.79 Å². The number of hydrogen-bond acceptors (Lipinski definition) is 3. The minimum absolute atomic E-state index is 0.0607. The molecule has 3 N–H and O–H groups in total. The van der Waals surface area contributed by atoms with Crippen LogP contribution in [0.15, 0.2) is 28.7 Å². The van der Waals surface area contributed by atoms with Crippen molar-refractivity contribution >= 4 is 27.7 Å². The third-order valence-electron chi connectivity index (χ3n) is 2.65. The predicted molar refractivity (Wildman–Crippen MR) is 80.4 cm³/mol. The summed E-state index contributed by atoms with van der Waals surface area (Å²) in [6.45, 7) is 2.14.